The predicted octanol–water partition coefficient (Wildman–Crippen LogP) is 3.07. The predicted molar refractivity (Wildman–Crippen MR) is 69.6 cm³/mol. The number of carboxylic acids is 1. The van der Waals surface area contributed by atoms with Gasteiger partial charge in [-0.25, -0.2) is 4.79 Å². The molecule has 3 nitrogen and oxygen atoms in total. The summed E-state index contributed by atoms with van der Waals surface area (Å²) in [5.74, 6) is 0.0529. The van der Waals surface area contributed by atoms with Gasteiger partial charge in [0.25, 0.3) is 0 Å². The molecule has 1 aliphatic rings. The number of carboxylic acid groups (broad SMARTS) is 1. The van der Waals surface area contributed by atoms with Gasteiger partial charge in [-0.1, -0.05) is 13.3 Å². The topological polar surface area (TPSA) is 40.5 Å². The summed E-state index contributed by atoms with van der Waals surface area (Å²) in [6, 6.07) is 3.65. The van der Waals surface area contributed by atoms with Crippen LogP contribution in [0.2, 0.25) is 0 Å². The summed E-state index contributed by atoms with van der Waals surface area (Å²) in [6.07, 6.45) is 4.10. The van der Waals surface area contributed by atoms with Crippen molar-refractivity contribution in [2.75, 3.05) is 13.1 Å². The van der Waals surface area contributed by atoms with E-state index in [-0.39, 0.29) is 0 Å². The number of thiophene rings is 1. The maximum atomic E-state index is 10.8. The second-order valence-corrected chi connectivity index (χ2v) is 5.86. The highest BCUT2D eigenvalue weighted by Crippen LogP contribution is 2.28. The van der Waals surface area contributed by atoms with Gasteiger partial charge in [0, 0.05) is 18.0 Å². The second kappa shape index (κ2) is 5.65. The molecule has 1 heterocycles. The largest absolute Gasteiger partial charge is 0.477 e. The zero-order valence-electron chi connectivity index (χ0n) is 10.2. The molecule has 0 radical (unpaired) electrons. The molecule has 17 heavy (non-hydrogen) atoms. The quantitative estimate of drug-likeness (QED) is 0.847. The van der Waals surface area contributed by atoms with E-state index in [1.165, 1.54) is 30.6 Å². The lowest BCUT2D eigenvalue weighted by molar-refractivity contribution is 0.0702. The van der Waals surface area contributed by atoms with Gasteiger partial charge in [0.2, 0.25) is 0 Å². The fourth-order valence-corrected chi connectivity index (χ4v) is 3.03. The molecule has 0 unspecified atom stereocenters. The zero-order chi connectivity index (χ0) is 12.3. The molecule has 1 saturated carbocycles. The molecule has 2 rings (SSSR count). The first-order valence-electron chi connectivity index (χ1n) is 6.23. The minimum absolute atomic E-state index is 0.444. The first-order valence-corrected chi connectivity index (χ1v) is 7.05. The Labute approximate surface area is 106 Å². The molecule has 1 aromatic rings. The van der Waals surface area contributed by atoms with Gasteiger partial charge in [-0.2, -0.15) is 0 Å². The van der Waals surface area contributed by atoms with Crippen LogP contribution in [-0.4, -0.2) is 29.1 Å². The van der Waals surface area contributed by atoms with Gasteiger partial charge in [-0.3, -0.25) is 4.90 Å². The normalized spacial score (nSPS) is 16.1. The molecule has 1 N–H and O–H groups in total. The summed E-state index contributed by atoms with van der Waals surface area (Å²) in [6.45, 7) is 5.27. The number of hydrogen-bond donors (Lipinski definition) is 1. The van der Waals surface area contributed by atoms with Crippen LogP contribution in [0.1, 0.15) is 40.7 Å². The first kappa shape index (κ1) is 12.6. The summed E-state index contributed by atoms with van der Waals surface area (Å²) in [4.78, 5) is 14.8. The Morgan fingerprint density at radius 3 is 2.76 bits per heavy atom. The standard InChI is InChI=1S/C13H19NO2S/c1-2-14(8-10-4-3-5-10)9-11-6-7-12(17-11)13(15)16/h6-7,10H,2-5,8-9H2,1H3,(H,15,16). The third-order valence-electron chi connectivity index (χ3n) is 3.44. The number of nitrogens with zero attached hydrogens (tertiary/aromatic N) is 1. The summed E-state index contributed by atoms with van der Waals surface area (Å²) in [5.41, 5.74) is 0. The minimum Gasteiger partial charge on any atom is -0.477 e. The van der Waals surface area contributed by atoms with Gasteiger partial charge in [0.1, 0.15) is 4.88 Å². The Balaban J connectivity index is 1.89. The molecule has 1 fully saturated rings. The Hall–Kier alpha value is -0.870. The van der Waals surface area contributed by atoms with Crippen LogP contribution in [0, 0.1) is 5.92 Å². The van der Waals surface area contributed by atoms with Crippen molar-refractivity contribution in [2.24, 2.45) is 5.92 Å². The molecule has 1 aromatic heterocycles. The van der Waals surface area contributed by atoms with Crippen molar-refractivity contribution in [1.29, 1.82) is 0 Å². The lowest BCUT2D eigenvalue weighted by atomic mass is 9.85. The Bertz CT molecular complexity index is 385. The van der Waals surface area contributed by atoms with E-state index in [9.17, 15) is 4.79 Å². The van der Waals surface area contributed by atoms with Gasteiger partial charge in [-0.15, -0.1) is 11.3 Å². The van der Waals surface area contributed by atoms with Crippen LogP contribution in [-0.2, 0) is 6.54 Å². The van der Waals surface area contributed by atoms with Crippen LogP contribution in [0.4, 0.5) is 0 Å². The molecule has 0 saturated heterocycles. The molecular weight excluding hydrogens is 234 g/mol. The highest BCUT2D eigenvalue weighted by molar-refractivity contribution is 7.13. The Morgan fingerprint density at radius 2 is 2.29 bits per heavy atom. The number of aromatic carboxylic acids is 1. The second-order valence-electron chi connectivity index (χ2n) is 4.70. The van der Waals surface area contributed by atoms with Gasteiger partial charge in [-0.05, 0) is 37.4 Å². The van der Waals surface area contributed by atoms with Crippen LogP contribution < -0.4 is 0 Å². The van der Waals surface area contributed by atoms with Gasteiger partial charge in [0.05, 0.1) is 0 Å². The van der Waals surface area contributed by atoms with E-state index in [4.69, 9.17) is 5.11 Å². The van der Waals surface area contributed by atoms with Gasteiger partial charge in [0.15, 0.2) is 0 Å². The Kier molecular flexibility index (Phi) is 4.18. The summed E-state index contributed by atoms with van der Waals surface area (Å²) >= 11 is 1.40. The molecular formula is C13H19NO2S. The average molecular weight is 253 g/mol. The number of carbonyl (C=O) groups is 1. The SMILES string of the molecule is CCN(Cc1ccc(C(=O)O)s1)CC1CCC1. The van der Waals surface area contributed by atoms with Crippen LogP contribution in [0.25, 0.3) is 0 Å². The monoisotopic (exact) mass is 253 g/mol. The van der Waals surface area contributed by atoms with E-state index in [1.54, 1.807) is 6.07 Å². The molecule has 1 aliphatic carbocycles. The summed E-state index contributed by atoms with van der Waals surface area (Å²) in [5, 5.41) is 8.88. The van der Waals surface area contributed by atoms with E-state index in [1.807, 2.05) is 6.07 Å². The van der Waals surface area contributed by atoms with Gasteiger partial charge >= 0.3 is 5.97 Å². The third kappa shape index (κ3) is 3.30. The molecule has 0 aromatic carbocycles. The molecule has 0 spiro atoms. The summed E-state index contributed by atoms with van der Waals surface area (Å²) < 4.78 is 0. The average Bonchev–Trinajstić information content (AvgIpc) is 2.70. The van der Waals surface area contributed by atoms with E-state index in [0.29, 0.717) is 4.88 Å². The van der Waals surface area contributed by atoms with E-state index in [0.717, 1.165) is 30.4 Å². The minimum atomic E-state index is -0.816. The van der Waals surface area contributed by atoms with Crippen molar-refractivity contribution >= 4 is 17.3 Å². The maximum Gasteiger partial charge on any atom is 0.345 e. The molecule has 0 amide bonds. The fraction of sp³-hybridized carbons (Fsp3) is 0.615. The number of hydrogen-bond acceptors (Lipinski definition) is 3. The van der Waals surface area contributed by atoms with Crippen molar-refractivity contribution in [3.8, 4) is 0 Å². The van der Waals surface area contributed by atoms with Crippen LogP contribution >= 0.6 is 11.3 Å². The van der Waals surface area contributed by atoms with Crippen LogP contribution in [0.5, 0.6) is 0 Å². The molecule has 0 bridgehead atoms. The number of rotatable bonds is 6. The van der Waals surface area contributed by atoms with Crippen molar-refractivity contribution in [3.05, 3.63) is 21.9 Å². The third-order valence-corrected chi connectivity index (χ3v) is 4.50. The maximum absolute atomic E-state index is 10.8. The van der Waals surface area contributed by atoms with Crippen molar-refractivity contribution in [3.63, 3.8) is 0 Å². The van der Waals surface area contributed by atoms with E-state index >= 15 is 0 Å². The smallest absolute Gasteiger partial charge is 0.345 e. The van der Waals surface area contributed by atoms with Crippen LogP contribution in [0.15, 0.2) is 12.1 Å². The fourth-order valence-electron chi connectivity index (χ4n) is 2.14. The van der Waals surface area contributed by atoms with E-state index < -0.39 is 5.97 Å². The molecule has 0 atom stereocenters. The molecule has 0 aliphatic heterocycles. The zero-order valence-corrected chi connectivity index (χ0v) is 11.0. The summed E-state index contributed by atoms with van der Waals surface area (Å²) in [7, 11) is 0. The van der Waals surface area contributed by atoms with Crippen molar-refractivity contribution in [2.45, 2.75) is 32.7 Å². The first-order chi connectivity index (χ1) is 8.19. The van der Waals surface area contributed by atoms with Crippen molar-refractivity contribution < 1.29 is 9.90 Å². The lowest BCUT2D eigenvalue weighted by Crippen LogP contribution is -2.31. The molecule has 4 heteroatoms. The van der Waals surface area contributed by atoms with Crippen LogP contribution in [0.3, 0.4) is 0 Å². The lowest BCUT2D eigenvalue weighted by Gasteiger charge is -2.31. The van der Waals surface area contributed by atoms with Crippen molar-refractivity contribution in [1.82, 2.24) is 4.90 Å². The van der Waals surface area contributed by atoms with Gasteiger partial charge < -0.3 is 5.11 Å². The highest BCUT2D eigenvalue weighted by atomic mass is 32.1. The highest BCUT2D eigenvalue weighted by Gasteiger charge is 2.20. The molecule has 94 valence electrons. The Morgan fingerprint density at radius 1 is 1.53 bits per heavy atom. The van der Waals surface area contributed by atoms with E-state index in [2.05, 4.69) is 11.8 Å².